The molecule has 0 spiro atoms. The van der Waals surface area contributed by atoms with E-state index in [2.05, 4.69) is 0 Å². The molecular weight excluding hydrogens is 462 g/mol. The third-order valence-electron chi connectivity index (χ3n) is 5.12. The van der Waals surface area contributed by atoms with E-state index < -0.39 is 26.0 Å². The number of carbonyl (C=O) groups excluding carboxylic acids is 1. The minimum Gasteiger partial charge on any atom is -0.336 e. The van der Waals surface area contributed by atoms with Crippen molar-refractivity contribution in [2.75, 3.05) is 39.5 Å². The highest BCUT2D eigenvalue weighted by Gasteiger charge is 2.29. The maximum atomic E-state index is 13.0. The van der Waals surface area contributed by atoms with Crippen LogP contribution in [0.5, 0.6) is 0 Å². The van der Waals surface area contributed by atoms with E-state index in [4.69, 9.17) is 11.6 Å². The second kappa shape index (κ2) is 9.25. The van der Waals surface area contributed by atoms with Crippen LogP contribution in [-0.2, 0) is 26.6 Å². The average molecular weight is 486 g/mol. The van der Waals surface area contributed by atoms with Gasteiger partial charge in [0.1, 0.15) is 0 Å². The lowest BCUT2D eigenvalue weighted by atomic mass is 10.2. The van der Waals surface area contributed by atoms with Crippen molar-refractivity contribution in [2.45, 2.75) is 11.4 Å². The number of hydrogen-bond acceptors (Lipinski definition) is 5. The Labute approximate surface area is 188 Å². The lowest BCUT2D eigenvalue weighted by molar-refractivity contribution is 0.0698. The number of nitrogens with zero attached hydrogens (tertiary/aromatic N) is 3. The highest BCUT2D eigenvalue weighted by Crippen LogP contribution is 2.25. The third-order valence-corrected chi connectivity index (χ3v) is 8.55. The molecule has 0 saturated carbocycles. The fourth-order valence-electron chi connectivity index (χ4n) is 3.33. The zero-order valence-corrected chi connectivity index (χ0v) is 19.6. The molecule has 11 heteroatoms. The Bertz CT molecular complexity index is 1160. The number of benzene rings is 2. The van der Waals surface area contributed by atoms with E-state index >= 15 is 0 Å². The van der Waals surface area contributed by atoms with E-state index in [0.717, 1.165) is 11.8 Å². The summed E-state index contributed by atoms with van der Waals surface area (Å²) in [5.41, 5.74) is 0.909. The fraction of sp³-hybridized carbons (Fsp3) is 0.350. The highest BCUT2D eigenvalue weighted by atomic mass is 35.5. The minimum atomic E-state index is -3.85. The second-order valence-electron chi connectivity index (χ2n) is 7.34. The van der Waals surface area contributed by atoms with Gasteiger partial charge in [0.05, 0.1) is 21.7 Å². The van der Waals surface area contributed by atoms with Gasteiger partial charge in [0.15, 0.2) is 0 Å². The molecular formula is C20H24ClN3O5S2. The van der Waals surface area contributed by atoms with E-state index in [9.17, 15) is 21.6 Å². The summed E-state index contributed by atoms with van der Waals surface area (Å²) in [6, 6.07) is 13.2. The zero-order chi connectivity index (χ0) is 22.8. The first-order valence-corrected chi connectivity index (χ1v) is 13.2. The quantitative estimate of drug-likeness (QED) is 0.622. The summed E-state index contributed by atoms with van der Waals surface area (Å²) in [6.07, 6.45) is 1.13. The maximum absolute atomic E-state index is 13.0. The molecule has 1 amide bonds. The smallest absolute Gasteiger partial charge is 0.255 e. The normalized spacial score (nSPS) is 15.9. The molecule has 1 aliphatic rings. The zero-order valence-electron chi connectivity index (χ0n) is 17.2. The first-order chi connectivity index (χ1) is 14.5. The van der Waals surface area contributed by atoms with E-state index in [1.165, 1.54) is 38.8 Å². The van der Waals surface area contributed by atoms with E-state index in [1.54, 1.807) is 0 Å². The van der Waals surface area contributed by atoms with Crippen LogP contribution in [0.2, 0.25) is 5.02 Å². The molecule has 1 fully saturated rings. The average Bonchev–Trinajstić information content (AvgIpc) is 2.73. The van der Waals surface area contributed by atoms with Gasteiger partial charge in [-0.25, -0.2) is 16.8 Å². The topological polar surface area (TPSA) is 95.1 Å². The standard InChI is InChI=1S/C20H24ClN3O5S2/c1-22(15-16-6-4-3-5-7-16)31(28,29)17-8-9-19(21)18(14-17)20(25)23-10-12-24(13-11-23)30(2,26)27/h3-9,14H,10-13,15H2,1-2H3. The van der Waals surface area contributed by atoms with Crippen LogP contribution in [0.3, 0.4) is 0 Å². The Kier molecular flexibility index (Phi) is 7.07. The van der Waals surface area contributed by atoms with Gasteiger partial charge in [0, 0.05) is 39.8 Å². The Morgan fingerprint density at radius 3 is 2.19 bits per heavy atom. The molecule has 3 rings (SSSR count). The molecule has 0 bridgehead atoms. The van der Waals surface area contributed by atoms with Crippen LogP contribution < -0.4 is 0 Å². The Morgan fingerprint density at radius 1 is 1.00 bits per heavy atom. The van der Waals surface area contributed by atoms with Gasteiger partial charge in [0.2, 0.25) is 20.0 Å². The summed E-state index contributed by atoms with van der Waals surface area (Å²) in [5, 5.41) is 0.139. The van der Waals surface area contributed by atoms with Crippen molar-refractivity contribution in [3.05, 3.63) is 64.7 Å². The second-order valence-corrected chi connectivity index (χ2v) is 11.8. The molecule has 168 valence electrons. The summed E-state index contributed by atoms with van der Waals surface area (Å²) < 4.78 is 51.9. The van der Waals surface area contributed by atoms with Crippen LogP contribution in [0.1, 0.15) is 15.9 Å². The van der Waals surface area contributed by atoms with Gasteiger partial charge in [0.25, 0.3) is 5.91 Å². The van der Waals surface area contributed by atoms with Crippen molar-refractivity contribution in [2.24, 2.45) is 0 Å². The van der Waals surface area contributed by atoms with Gasteiger partial charge in [-0.05, 0) is 23.8 Å². The van der Waals surface area contributed by atoms with Crippen LogP contribution in [0.4, 0.5) is 0 Å². The van der Waals surface area contributed by atoms with Crippen molar-refractivity contribution in [1.82, 2.24) is 13.5 Å². The molecule has 2 aromatic rings. The van der Waals surface area contributed by atoms with Crippen LogP contribution in [0, 0.1) is 0 Å². The fourth-order valence-corrected chi connectivity index (χ4v) is 5.54. The van der Waals surface area contributed by atoms with Crippen molar-refractivity contribution in [1.29, 1.82) is 0 Å². The molecule has 0 aromatic heterocycles. The van der Waals surface area contributed by atoms with Gasteiger partial charge in [-0.2, -0.15) is 8.61 Å². The largest absolute Gasteiger partial charge is 0.336 e. The summed E-state index contributed by atoms with van der Waals surface area (Å²) in [4.78, 5) is 14.4. The monoisotopic (exact) mass is 485 g/mol. The number of hydrogen-bond donors (Lipinski definition) is 0. The first-order valence-electron chi connectivity index (χ1n) is 9.54. The molecule has 0 atom stereocenters. The van der Waals surface area contributed by atoms with E-state index in [-0.39, 0.29) is 48.2 Å². The predicted molar refractivity (Wildman–Crippen MR) is 119 cm³/mol. The number of halogens is 1. The molecule has 0 unspecified atom stereocenters. The minimum absolute atomic E-state index is 0.0338. The number of rotatable bonds is 6. The predicted octanol–water partition coefficient (Wildman–Crippen LogP) is 1.88. The van der Waals surface area contributed by atoms with Crippen molar-refractivity contribution >= 4 is 37.6 Å². The van der Waals surface area contributed by atoms with Gasteiger partial charge in [-0.15, -0.1) is 0 Å². The van der Waals surface area contributed by atoms with Crippen molar-refractivity contribution in [3.63, 3.8) is 0 Å². The van der Waals surface area contributed by atoms with Crippen molar-refractivity contribution < 1.29 is 21.6 Å². The molecule has 31 heavy (non-hydrogen) atoms. The Balaban J connectivity index is 1.80. The Hall–Kier alpha value is -1.98. The molecule has 0 N–H and O–H groups in total. The summed E-state index contributed by atoms with van der Waals surface area (Å²) in [6.45, 7) is 0.947. The first kappa shape index (κ1) is 23.7. The van der Waals surface area contributed by atoms with Crippen LogP contribution in [0.15, 0.2) is 53.4 Å². The van der Waals surface area contributed by atoms with Gasteiger partial charge < -0.3 is 4.90 Å². The number of sulfonamides is 2. The lowest BCUT2D eigenvalue weighted by Crippen LogP contribution is -2.50. The third kappa shape index (κ3) is 5.45. The maximum Gasteiger partial charge on any atom is 0.255 e. The Morgan fingerprint density at radius 2 is 1.61 bits per heavy atom. The molecule has 1 saturated heterocycles. The van der Waals surface area contributed by atoms with Crippen LogP contribution in [0.25, 0.3) is 0 Å². The molecule has 1 heterocycles. The molecule has 1 aliphatic heterocycles. The number of carbonyl (C=O) groups is 1. The van der Waals surface area contributed by atoms with Gasteiger partial charge in [-0.3, -0.25) is 4.79 Å². The highest BCUT2D eigenvalue weighted by molar-refractivity contribution is 7.89. The van der Waals surface area contributed by atoms with Crippen LogP contribution >= 0.6 is 11.6 Å². The lowest BCUT2D eigenvalue weighted by Gasteiger charge is -2.33. The molecule has 2 aromatic carbocycles. The summed E-state index contributed by atoms with van der Waals surface area (Å²) >= 11 is 6.21. The van der Waals surface area contributed by atoms with E-state index in [0.29, 0.717) is 0 Å². The molecule has 0 aliphatic carbocycles. The SMILES string of the molecule is CN(Cc1ccccc1)S(=O)(=O)c1ccc(Cl)c(C(=O)N2CCN(S(C)(=O)=O)CC2)c1. The number of piperazine rings is 1. The summed E-state index contributed by atoms with van der Waals surface area (Å²) in [7, 11) is -5.70. The van der Waals surface area contributed by atoms with Crippen molar-refractivity contribution in [3.8, 4) is 0 Å². The summed E-state index contributed by atoms with van der Waals surface area (Å²) in [5.74, 6) is -0.430. The van der Waals surface area contributed by atoms with Gasteiger partial charge >= 0.3 is 0 Å². The number of amides is 1. The van der Waals surface area contributed by atoms with E-state index in [1.807, 2.05) is 30.3 Å². The van der Waals surface area contributed by atoms with Gasteiger partial charge in [-0.1, -0.05) is 41.9 Å². The molecule has 8 nitrogen and oxygen atoms in total. The molecule has 0 radical (unpaired) electrons. The van der Waals surface area contributed by atoms with Crippen LogP contribution in [-0.4, -0.2) is 75.7 Å².